The number of sulfonamides is 1. The van der Waals surface area contributed by atoms with E-state index in [0.717, 1.165) is 48.2 Å². The Morgan fingerprint density at radius 3 is 2.49 bits per heavy atom. The summed E-state index contributed by atoms with van der Waals surface area (Å²) in [6, 6.07) is 3.13. The summed E-state index contributed by atoms with van der Waals surface area (Å²) in [6.45, 7) is 8.50. The minimum atomic E-state index is -3.63. The van der Waals surface area contributed by atoms with Gasteiger partial charge in [-0.2, -0.15) is 0 Å². The fourth-order valence-corrected chi connectivity index (χ4v) is 8.28. The Balaban J connectivity index is 1.60. The molecule has 2 aromatic rings. The lowest BCUT2D eigenvalue weighted by molar-refractivity contribution is 0.0702. The molecule has 0 spiro atoms. The number of rotatable bonds is 7. The first kappa shape index (κ1) is 29.6. The monoisotopic (exact) mass is 571 g/mol. The van der Waals surface area contributed by atoms with Crippen LogP contribution in [0.2, 0.25) is 0 Å². The summed E-state index contributed by atoms with van der Waals surface area (Å²) in [7, 11) is -1.62. The van der Waals surface area contributed by atoms with E-state index in [-0.39, 0.29) is 22.4 Å². The average molecular weight is 572 g/mol. The summed E-state index contributed by atoms with van der Waals surface area (Å²) < 4.78 is 28.4. The molecule has 2 N–H and O–H groups in total. The van der Waals surface area contributed by atoms with Gasteiger partial charge in [-0.3, -0.25) is 4.98 Å². The van der Waals surface area contributed by atoms with E-state index >= 15 is 0 Å². The highest BCUT2D eigenvalue weighted by Crippen LogP contribution is 2.47. The minimum Gasteiger partial charge on any atom is -0.477 e. The standard InChI is InChI=1S/C30H41N3O4S2/c1-20-8-6-9-21(18-20)26-25(15-16-30(2,3)4)38-28(29(34)35)27(26)33(5)23-13-11-22(12-14-23)32-39(36,37)24-10-7-17-31-19-24/h7,10,17,19-23,32H,6,8-9,11-14,18H2,1-5H3,(H,34,35). The largest absolute Gasteiger partial charge is 0.477 e. The van der Waals surface area contributed by atoms with Gasteiger partial charge in [0.05, 0.1) is 10.6 Å². The van der Waals surface area contributed by atoms with Crippen LogP contribution in [-0.4, -0.2) is 43.6 Å². The van der Waals surface area contributed by atoms with E-state index in [0.29, 0.717) is 29.6 Å². The lowest BCUT2D eigenvalue weighted by Crippen LogP contribution is -2.43. The molecule has 39 heavy (non-hydrogen) atoms. The summed E-state index contributed by atoms with van der Waals surface area (Å²) in [5, 5.41) is 10.3. The number of nitrogens with zero attached hydrogens (tertiary/aromatic N) is 2. The Bertz CT molecular complexity index is 1330. The van der Waals surface area contributed by atoms with Crippen LogP contribution < -0.4 is 9.62 Å². The van der Waals surface area contributed by atoms with Gasteiger partial charge in [-0.15, -0.1) is 11.3 Å². The van der Waals surface area contributed by atoms with Gasteiger partial charge in [0.25, 0.3) is 0 Å². The molecule has 0 radical (unpaired) electrons. The van der Waals surface area contributed by atoms with Crippen molar-refractivity contribution in [3.63, 3.8) is 0 Å². The molecular formula is C30H41N3O4S2. The van der Waals surface area contributed by atoms with Gasteiger partial charge >= 0.3 is 5.97 Å². The highest BCUT2D eigenvalue weighted by atomic mass is 32.2. The van der Waals surface area contributed by atoms with E-state index in [1.807, 2.05) is 7.05 Å². The molecule has 0 aromatic carbocycles. The molecule has 212 valence electrons. The Hall–Kier alpha value is -2.41. The van der Waals surface area contributed by atoms with Gasteiger partial charge in [-0.05, 0) is 83.3 Å². The Morgan fingerprint density at radius 2 is 1.90 bits per heavy atom. The predicted molar refractivity (Wildman–Crippen MR) is 157 cm³/mol. The molecule has 2 aliphatic carbocycles. The summed E-state index contributed by atoms with van der Waals surface area (Å²) in [4.78, 5) is 20.0. The van der Waals surface area contributed by atoms with Crippen LogP contribution >= 0.6 is 11.3 Å². The van der Waals surface area contributed by atoms with Crippen molar-refractivity contribution in [3.05, 3.63) is 39.8 Å². The van der Waals surface area contributed by atoms with Crippen LogP contribution in [0.1, 0.15) is 105 Å². The summed E-state index contributed by atoms with van der Waals surface area (Å²) >= 11 is 1.32. The van der Waals surface area contributed by atoms with Crippen molar-refractivity contribution in [1.82, 2.24) is 9.71 Å². The van der Waals surface area contributed by atoms with Crippen molar-refractivity contribution in [2.45, 2.75) is 102 Å². The van der Waals surface area contributed by atoms with E-state index < -0.39 is 16.0 Å². The maximum Gasteiger partial charge on any atom is 0.348 e. The van der Waals surface area contributed by atoms with Gasteiger partial charge in [-0.1, -0.05) is 31.6 Å². The quantitative estimate of drug-likeness (QED) is 0.381. The molecule has 0 aliphatic heterocycles. The van der Waals surface area contributed by atoms with Crippen molar-refractivity contribution in [1.29, 1.82) is 0 Å². The van der Waals surface area contributed by atoms with Crippen molar-refractivity contribution in [3.8, 4) is 11.8 Å². The third-order valence-electron chi connectivity index (χ3n) is 7.87. The Labute approximate surface area is 237 Å². The zero-order chi connectivity index (χ0) is 28.4. The predicted octanol–water partition coefficient (Wildman–Crippen LogP) is 6.26. The summed E-state index contributed by atoms with van der Waals surface area (Å²) in [5.74, 6) is 6.72. The molecule has 7 nitrogen and oxygen atoms in total. The topological polar surface area (TPSA) is 99.6 Å². The second kappa shape index (κ2) is 12.0. The average Bonchev–Trinajstić information content (AvgIpc) is 3.27. The Kier molecular flexibility index (Phi) is 9.09. The summed E-state index contributed by atoms with van der Waals surface area (Å²) in [5.41, 5.74) is 1.75. The second-order valence-corrected chi connectivity index (χ2v) is 15.0. The van der Waals surface area contributed by atoms with Crippen LogP contribution in [0.15, 0.2) is 29.4 Å². The third kappa shape index (κ3) is 7.22. The highest BCUT2D eigenvalue weighted by molar-refractivity contribution is 7.89. The number of pyridine rings is 1. The fourth-order valence-electron chi connectivity index (χ4n) is 5.90. The zero-order valence-electron chi connectivity index (χ0n) is 23.7. The normalized spacial score (nSPS) is 24.0. The number of aromatic nitrogens is 1. The number of hydrogen-bond donors (Lipinski definition) is 2. The molecule has 0 bridgehead atoms. The van der Waals surface area contributed by atoms with Crippen molar-refractivity contribution in [2.75, 3.05) is 11.9 Å². The zero-order valence-corrected chi connectivity index (χ0v) is 25.3. The molecule has 0 amide bonds. The minimum absolute atomic E-state index is 0.125. The molecule has 2 fully saturated rings. The fraction of sp³-hybridized carbons (Fsp3) is 0.600. The van der Waals surface area contributed by atoms with E-state index in [4.69, 9.17) is 0 Å². The number of carboxylic acid groups (broad SMARTS) is 1. The van der Waals surface area contributed by atoms with Gasteiger partial charge in [-0.25, -0.2) is 17.9 Å². The van der Waals surface area contributed by atoms with Gasteiger partial charge < -0.3 is 10.0 Å². The SMILES string of the molecule is CC1CCCC(c2c(C#CC(C)(C)C)sc(C(=O)O)c2N(C)C2CCC(NS(=O)(=O)c3cccnc3)CC2)C1. The van der Waals surface area contributed by atoms with E-state index in [9.17, 15) is 18.3 Å². The molecule has 4 rings (SSSR count). The molecule has 2 atom stereocenters. The number of thiophene rings is 1. The molecule has 2 heterocycles. The van der Waals surface area contributed by atoms with Gasteiger partial charge in [0, 0.05) is 42.5 Å². The molecule has 2 aromatic heterocycles. The smallest absolute Gasteiger partial charge is 0.348 e. The number of aromatic carboxylic acids is 1. The molecule has 0 saturated heterocycles. The lowest BCUT2D eigenvalue weighted by atomic mass is 9.78. The van der Waals surface area contributed by atoms with Gasteiger partial charge in [0.15, 0.2) is 0 Å². The first-order valence-corrected chi connectivity index (χ1v) is 16.2. The summed E-state index contributed by atoms with van der Waals surface area (Å²) in [6.07, 6.45) is 10.3. The van der Waals surface area contributed by atoms with Crippen molar-refractivity contribution < 1.29 is 18.3 Å². The van der Waals surface area contributed by atoms with Crippen LogP contribution in [-0.2, 0) is 10.0 Å². The van der Waals surface area contributed by atoms with Gasteiger partial charge in [0.1, 0.15) is 9.77 Å². The van der Waals surface area contributed by atoms with Crippen molar-refractivity contribution in [2.24, 2.45) is 11.3 Å². The highest BCUT2D eigenvalue weighted by Gasteiger charge is 2.35. The van der Waals surface area contributed by atoms with Gasteiger partial charge in [0.2, 0.25) is 10.0 Å². The number of hydrogen-bond acceptors (Lipinski definition) is 6. The lowest BCUT2D eigenvalue weighted by Gasteiger charge is -2.38. The first-order valence-electron chi connectivity index (χ1n) is 13.9. The van der Waals surface area contributed by atoms with Crippen LogP contribution in [0.3, 0.4) is 0 Å². The van der Waals surface area contributed by atoms with Crippen LogP contribution in [0.25, 0.3) is 0 Å². The maximum atomic E-state index is 12.8. The van der Waals surface area contributed by atoms with E-state index in [1.54, 1.807) is 18.3 Å². The van der Waals surface area contributed by atoms with Crippen LogP contribution in [0.5, 0.6) is 0 Å². The molecular weight excluding hydrogens is 530 g/mol. The van der Waals surface area contributed by atoms with Crippen LogP contribution in [0, 0.1) is 23.2 Å². The molecule has 2 unspecified atom stereocenters. The second-order valence-electron chi connectivity index (χ2n) is 12.2. The van der Waals surface area contributed by atoms with Crippen molar-refractivity contribution >= 4 is 33.0 Å². The number of carboxylic acids is 1. The number of nitrogens with one attached hydrogen (secondary N) is 1. The number of carbonyl (C=O) groups is 1. The maximum absolute atomic E-state index is 12.8. The van der Waals surface area contributed by atoms with E-state index in [1.165, 1.54) is 24.0 Å². The first-order chi connectivity index (χ1) is 18.4. The Morgan fingerprint density at radius 1 is 1.18 bits per heavy atom. The van der Waals surface area contributed by atoms with Crippen LogP contribution in [0.4, 0.5) is 5.69 Å². The molecule has 2 saturated carbocycles. The van der Waals surface area contributed by atoms with E-state index in [2.05, 4.69) is 54.1 Å². The third-order valence-corrected chi connectivity index (χ3v) is 10.5. The molecule has 2 aliphatic rings. The molecule has 9 heteroatoms. The number of anilines is 1.